The summed E-state index contributed by atoms with van der Waals surface area (Å²) in [5.41, 5.74) is 0.697. The number of nitro benzene ring substituents is 1. The normalized spacial score (nSPS) is 18.9. The third kappa shape index (κ3) is 4.89. The van der Waals surface area contributed by atoms with E-state index in [0.29, 0.717) is 25.3 Å². The highest BCUT2D eigenvalue weighted by Gasteiger charge is 2.26. The number of carbonyl (C=O) groups is 1. The van der Waals surface area contributed by atoms with Gasteiger partial charge in [0.15, 0.2) is 0 Å². The molecule has 0 spiro atoms. The first-order valence-electron chi connectivity index (χ1n) is 7.90. The maximum Gasteiger partial charge on any atom is 0.310 e. The van der Waals surface area contributed by atoms with Gasteiger partial charge in [-0.25, -0.2) is 0 Å². The molecule has 0 saturated carbocycles. The van der Waals surface area contributed by atoms with Crippen LogP contribution in [0.25, 0.3) is 6.08 Å². The molecule has 1 atom stereocenters. The number of para-hydroxylation sites is 1. The number of nitrogens with zero attached hydrogens (tertiary/aromatic N) is 2. The molecule has 1 aromatic rings. The summed E-state index contributed by atoms with van der Waals surface area (Å²) in [6.45, 7) is 4.50. The summed E-state index contributed by atoms with van der Waals surface area (Å²) in [6, 6.07) is 6.66. The van der Waals surface area contributed by atoms with Crippen LogP contribution in [0, 0.1) is 16.0 Å². The number of nitro groups is 1. The number of benzene rings is 1. The van der Waals surface area contributed by atoms with E-state index in [1.165, 1.54) is 6.07 Å². The number of hydrogen-bond acceptors (Lipinski definition) is 5. The molecular weight excluding hydrogens is 296 g/mol. The number of ether oxygens (including phenoxy) is 1. The van der Waals surface area contributed by atoms with Crippen LogP contribution in [0.5, 0.6) is 0 Å². The summed E-state index contributed by atoms with van der Waals surface area (Å²) in [5, 5.41) is 11.0. The van der Waals surface area contributed by atoms with Crippen molar-refractivity contribution in [1.82, 2.24) is 4.90 Å². The number of piperidine rings is 1. The summed E-state index contributed by atoms with van der Waals surface area (Å²) >= 11 is 0. The Morgan fingerprint density at radius 1 is 1.48 bits per heavy atom. The van der Waals surface area contributed by atoms with Crippen LogP contribution in [0.1, 0.15) is 25.3 Å². The number of rotatable bonds is 6. The van der Waals surface area contributed by atoms with Crippen LogP contribution in [-0.4, -0.2) is 42.0 Å². The lowest BCUT2D eigenvalue weighted by Gasteiger charge is -2.30. The molecule has 23 heavy (non-hydrogen) atoms. The maximum atomic E-state index is 11.8. The van der Waals surface area contributed by atoms with Gasteiger partial charge in [0.05, 0.1) is 23.0 Å². The number of esters is 1. The number of carbonyl (C=O) groups excluding carboxylic acids is 1. The second-order valence-electron chi connectivity index (χ2n) is 5.57. The van der Waals surface area contributed by atoms with E-state index in [2.05, 4.69) is 4.90 Å². The Balaban J connectivity index is 1.93. The monoisotopic (exact) mass is 318 g/mol. The highest BCUT2D eigenvalue weighted by Crippen LogP contribution is 2.20. The molecule has 0 bridgehead atoms. The second kappa shape index (κ2) is 8.43. The average molecular weight is 318 g/mol. The molecule has 0 N–H and O–H groups in total. The Bertz CT molecular complexity index is 586. The van der Waals surface area contributed by atoms with Crippen molar-refractivity contribution in [3.63, 3.8) is 0 Å². The zero-order valence-corrected chi connectivity index (χ0v) is 13.3. The van der Waals surface area contributed by atoms with E-state index < -0.39 is 0 Å². The first-order valence-corrected chi connectivity index (χ1v) is 7.90. The molecule has 1 saturated heterocycles. The standard InChI is InChI=1S/C17H22N2O4/c1-2-23-17(20)15-9-6-12-18(13-15)11-5-8-14-7-3-4-10-16(14)19(21)22/h3-5,7-8,10,15H,2,6,9,11-13H2,1H3/b8-5+/t15-/m0/s1. The quantitative estimate of drug-likeness (QED) is 0.458. The van der Waals surface area contributed by atoms with E-state index >= 15 is 0 Å². The third-order valence-electron chi connectivity index (χ3n) is 3.92. The molecule has 1 fully saturated rings. The number of likely N-dealkylation sites (tertiary alicyclic amines) is 1. The summed E-state index contributed by atoms with van der Waals surface area (Å²) in [6.07, 6.45) is 5.51. The van der Waals surface area contributed by atoms with E-state index in [1.54, 1.807) is 24.3 Å². The molecule has 1 heterocycles. The van der Waals surface area contributed by atoms with E-state index in [1.807, 2.05) is 13.0 Å². The molecule has 1 aliphatic rings. The fourth-order valence-electron chi connectivity index (χ4n) is 2.80. The van der Waals surface area contributed by atoms with Crippen LogP contribution in [0.3, 0.4) is 0 Å². The molecule has 0 aromatic heterocycles. The topological polar surface area (TPSA) is 72.7 Å². The van der Waals surface area contributed by atoms with Crippen LogP contribution in [0.2, 0.25) is 0 Å². The van der Waals surface area contributed by atoms with Gasteiger partial charge in [0.25, 0.3) is 5.69 Å². The minimum atomic E-state index is -0.378. The zero-order valence-electron chi connectivity index (χ0n) is 13.3. The van der Waals surface area contributed by atoms with Gasteiger partial charge in [0, 0.05) is 19.2 Å². The Labute approximate surface area is 135 Å². The summed E-state index contributed by atoms with van der Waals surface area (Å²) in [5.74, 6) is -0.192. The van der Waals surface area contributed by atoms with Crippen molar-refractivity contribution >= 4 is 17.7 Å². The molecule has 0 unspecified atom stereocenters. The SMILES string of the molecule is CCOC(=O)[C@H]1CCCN(C/C=C/c2ccccc2[N+](=O)[O-])C1. The molecule has 0 amide bonds. The fraction of sp³-hybridized carbons (Fsp3) is 0.471. The van der Waals surface area contributed by atoms with E-state index in [0.717, 1.165) is 19.4 Å². The molecule has 6 heteroatoms. The van der Waals surface area contributed by atoms with Gasteiger partial charge in [-0.15, -0.1) is 0 Å². The Kier molecular flexibility index (Phi) is 6.29. The first-order chi connectivity index (χ1) is 11.1. The fourth-order valence-corrected chi connectivity index (χ4v) is 2.80. The lowest BCUT2D eigenvalue weighted by molar-refractivity contribution is -0.385. The van der Waals surface area contributed by atoms with Gasteiger partial charge in [0.2, 0.25) is 0 Å². The van der Waals surface area contributed by atoms with Gasteiger partial charge < -0.3 is 4.74 Å². The molecule has 1 aliphatic heterocycles. The lowest BCUT2D eigenvalue weighted by Crippen LogP contribution is -2.39. The predicted molar refractivity (Wildman–Crippen MR) is 87.9 cm³/mol. The Morgan fingerprint density at radius 2 is 2.26 bits per heavy atom. The van der Waals surface area contributed by atoms with Crippen LogP contribution in [0.4, 0.5) is 5.69 Å². The largest absolute Gasteiger partial charge is 0.466 e. The zero-order chi connectivity index (χ0) is 16.7. The third-order valence-corrected chi connectivity index (χ3v) is 3.92. The van der Waals surface area contributed by atoms with Crippen molar-refractivity contribution < 1.29 is 14.5 Å². The van der Waals surface area contributed by atoms with Crippen molar-refractivity contribution in [2.24, 2.45) is 5.92 Å². The van der Waals surface area contributed by atoms with Gasteiger partial charge in [-0.1, -0.05) is 24.3 Å². The van der Waals surface area contributed by atoms with E-state index in [4.69, 9.17) is 4.74 Å². The maximum absolute atomic E-state index is 11.8. The Hall–Kier alpha value is -2.21. The minimum absolute atomic E-state index is 0.0665. The highest BCUT2D eigenvalue weighted by atomic mass is 16.6. The van der Waals surface area contributed by atoms with Crippen molar-refractivity contribution in [3.05, 3.63) is 46.0 Å². The van der Waals surface area contributed by atoms with Gasteiger partial charge >= 0.3 is 5.97 Å². The molecule has 1 aromatic carbocycles. The molecule has 0 radical (unpaired) electrons. The van der Waals surface area contributed by atoms with Crippen molar-refractivity contribution in [2.75, 3.05) is 26.2 Å². The van der Waals surface area contributed by atoms with Crippen LogP contribution >= 0.6 is 0 Å². The van der Waals surface area contributed by atoms with Gasteiger partial charge in [-0.3, -0.25) is 19.8 Å². The summed E-state index contributed by atoms with van der Waals surface area (Å²) in [7, 11) is 0. The van der Waals surface area contributed by atoms with Crippen molar-refractivity contribution in [1.29, 1.82) is 0 Å². The first kappa shape index (κ1) is 17.1. The molecular formula is C17H22N2O4. The van der Waals surface area contributed by atoms with Crippen LogP contribution in [0.15, 0.2) is 30.3 Å². The van der Waals surface area contributed by atoms with Gasteiger partial charge in [0.1, 0.15) is 0 Å². The average Bonchev–Trinajstić information content (AvgIpc) is 2.55. The van der Waals surface area contributed by atoms with E-state index in [-0.39, 0.29) is 22.5 Å². The smallest absolute Gasteiger partial charge is 0.310 e. The minimum Gasteiger partial charge on any atom is -0.466 e. The lowest BCUT2D eigenvalue weighted by atomic mass is 9.98. The molecule has 124 valence electrons. The van der Waals surface area contributed by atoms with Gasteiger partial charge in [-0.2, -0.15) is 0 Å². The number of hydrogen-bond donors (Lipinski definition) is 0. The molecule has 6 nitrogen and oxygen atoms in total. The van der Waals surface area contributed by atoms with E-state index in [9.17, 15) is 14.9 Å². The molecule has 2 rings (SSSR count). The van der Waals surface area contributed by atoms with Crippen molar-refractivity contribution in [2.45, 2.75) is 19.8 Å². The summed E-state index contributed by atoms with van der Waals surface area (Å²) < 4.78 is 5.09. The molecule has 0 aliphatic carbocycles. The van der Waals surface area contributed by atoms with Crippen molar-refractivity contribution in [3.8, 4) is 0 Å². The predicted octanol–water partition coefficient (Wildman–Crippen LogP) is 2.88. The van der Waals surface area contributed by atoms with Crippen LogP contribution < -0.4 is 0 Å². The summed E-state index contributed by atoms with van der Waals surface area (Å²) in [4.78, 5) is 24.6. The highest BCUT2D eigenvalue weighted by molar-refractivity contribution is 5.72. The van der Waals surface area contributed by atoms with Gasteiger partial charge in [-0.05, 0) is 32.4 Å². The second-order valence-corrected chi connectivity index (χ2v) is 5.57. The van der Waals surface area contributed by atoms with Crippen LogP contribution in [-0.2, 0) is 9.53 Å². The Morgan fingerprint density at radius 3 is 3.00 bits per heavy atom.